The molecule has 13 heteroatoms. The SMILES string of the molecule is C=CC(=O)Nc1cc(Nc2cc(N3OCCC3c3cccc(Cl)c3F)ncn2)c(OC)cc1N1CCC(N2C[C@@H](C)N(C3CC3)C[C@H]2C)CC1. The first-order valence-corrected chi connectivity index (χ1v) is 18.0. The molecule has 0 spiro atoms. The number of anilines is 5. The molecule has 0 bridgehead atoms. The van der Waals surface area contributed by atoms with Gasteiger partial charge in [-0.15, -0.1) is 0 Å². The lowest BCUT2D eigenvalue weighted by Gasteiger charge is -2.49. The second kappa shape index (κ2) is 14.7. The summed E-state index contributed by atoms with van der Waals surface area (Å²) in [6.07, 6.45) is 8.03. The fraction of sp³-hybridized carbons (Fsp3) is 0.486. The Hall–Kier alpha value is -3.97. The van der Waals surface area contributed by atoms with Crippen molar-refractivity contribution in [3.63, 3.8) is 0 Å². The fourth-order valence-electron chi connectivity index (χ4n) is 7.85. The smallest absolute Gasteiger partial charge is 0.247 e. The molecule has 1 aromatic heterocycles. The van der Waals surface area contributed by atoms with Crippen LogP contribution in [0.2, 0.25) is 5.02 Å². The van der Waals surface area contributed by atoms with Crippen LogP contribution in [0.25, 0.3) is 0 Å². The van der Waals surface area contributed by atoms with Gasteiger partial charge in [0.15, 0.2) is 5.82 Å². The number of carbonyl (C=O) groups excluding carboxylic acids is 1. The van der Waals surface area contributed by atoms with Crippen LogP contribution >= 0.6 is 11.6 Å². The maximum absolute atomic E-state index is 15.0. The summed E-state index contributed by atoms with van der Waals surface area (Å²) in [6.45, 7) is 12.8. The predicted molar refractivity (Wildman–Crippen MR) is 195 cm³/mol. The number of aromatic nitrogens is 2. The number of piperidine rings is 1. The molecule has 3 saturated heterocycles. The third kappa shape index (κ3) is 7.12. The van der Waals surface area contributed by atoms with Gasteiger partial charge in [0.1, 0.15) is 23.7 Å². The maximum Gasteiger partial charge on any atom is 0.247 e. The second-order valence-electron chi connectivity index (χ2n) is 13.8. The summed E-state index contributed by atoms with van der Waals surface area (Å²) in [4.78, 5) is 35.2. The number of piperazine rings is 1. The third-order valence-corrected chi connectivity index (χ3v) is 10.8. The van der Waals surface area contributed by atoms with Crippen LogP contribution in [0.15, 0.2) is 55.4 Å². The van der Waals surface area contributed by atoms with Gasteiger partial charge in [0.2, 0.25) is 5.91 Å². The molecule has 3 aliphatic heterocycles. The Morgan fingerprint density at radius 3 is 2.42 bits per heavy atom. The number of methoxy groups -OCH3 is 1. The second-order valence-corrected chi connectivity index (χ2v) is 14.2. The van der Waals surface area contributed by atoms with Gasteiger partial charge >= 0.3 is 0 Å². The van der Waals surface area contributed by atoms with Gasteiger partial charge in [0, 0.05) is 74.5 Å². The number of amides is 1. The Labute approximate surface area is 298 Å². The third-order valence-electron chi connectivity index (χ3n) is 10.5. The van der Waals surface area contributed by atoms with Crippen molar-refractivity contribution in [2.75, 3.05) is 60.5 Å². The van der Waals surface area contributed by atoms with E-state index >= 15 is 0 Å². The van der Waals surface area contributed by atoms with E-state index in [2.05, 4.69) is 55.7 Å². The van der Waals surface area contributed by atoms with Crippen LogP contribution in [-0.4, -0.2) is 89.7 Å². The molecule has 2 N–H and O–H groups in total. The molecule has 3 atom stereocenters. The van der Waals surface area contributed by atoms with Crippen molar-refractivity contribution in [3.8, 4) is 5.75 Å². The first-order chi connectivity index (χ1) is 24.2. The van der Waals surface area contributed by atoms with E-state index in [4.69, 9.17) is 21.2 Å². The molecule has 0 radical (unpaired) electrons. The van der Waals surface area contributed by atoms with Crippen LogP contribution in [0.1, 0.15) is 57.6 Å². The number of hydroxylamine groups is 1. The summed E-state index contributed by atoms with van der Waals surface area (Å²) in [5, 5.41) is 8.01. The van der Waals surface area contributed by atoms with E-state index in [1.54, 1.807) is 30.4 Å². The van der Waals surface area contributed by atoms with Gasteiger partial charge in [0.05, 0.1) is 41.8 Å². The number of hydrogen-bond donors (Lipinski definition) is 2. The highest BCUT2D eigenvalue weighted by atomic mass is 35.5. The number of hydrogen-bond acceptors (Lipinski definition) is 10. The number of halogens is 2. The molecular weight excluding hydrogens is 659 g/mol. The molecule has 4 fully saturated rings. The van der Waals surface area contributed by atoms with Crippen LogP contribution in [0.5, 0.6) is 5.75 Å². The highest BCUT2D eigenvalue weighted by Crippen LogP contribution is 2.42. The van der Waals surface area contributed by atoms with Gasteiger partial charge in [-0.2, -0.15) is 0 Å². The van der Waals surface area contributed by atoms with E-state index < -0.39 is 11.9 Å². The number of nitrogens with zero attached hydrogens (tertiary/aromatic N) is 6. The Morgan fingerprint density at radius 2 is 1.74 bits per heavy atom. The lowest BCUT2D eigenvalue weighted by atomic mass is 9.97. The van der Waals surface area contributed by atoms with Gasteiger partial charge in [-0.05, 0) is 57.7 Å². The number of ether oxygens (including phenoxy) is 1. The van der Waals surface area contributed by atoms with E-state index in [0.29, 0.717) is 65.5 Å². The summed E-state index contributed by atoms with van der Waals surface area (Å²) >= 11 is 6.09. The largest absolute Gasteiger partial charge is 0.494 e. The first-order valence-electron chi connectivity index (χ1n) is 17.6. The van der Waals surface area contributed by atoms with Crippen LogP contribution in [0.4, 0.5) is 33.1 Å². The molecule has 266 valence electrons. The Balaban J connectivity index is 1.09. The average Bonchev–Trinajstić information content (AvgIpc) is 3.86. The minimum atomic E-state index is -0.471. The molecule has 1 unspecified atom stereocenters. The number of benzene rings is 2. The lowest BCUT2D eigenvalue weighted by molar-refractivity contribution is -0.111. The average molecular weight is 705 g/mol. The highest BCUT2D eigenvalue weighted by molar-refractivity contribution is 6.30. The minimum Gasteiger partial charge on any atom is -0.494 e. The van der Waals surface area contributed by atoms with Crippen molar-refractivity contribution in [2.24, 2.45) is 0 Å². The highest BCUT2D eigenvalue weighted by Gasteiger charge is 2.40. The summed E-state index contributed by atoms with van der Waals surface area (Å²) in [7, 11) is 1.62. The minimum absolute atomic E-state index is 0.0603. The zero-order valence-corrected chi connectivity index (χ0v) is 29.7. The lowest BCUT2D eigenvalue weighted by Crippen LogP contribution is -2.61. The molecule has 1 saturated carbocycles. The number of nitrogens with one attached hydrogen (secondary N) is 2. The van der Waals surface area contributed by atoms with Crippen molar-refractivity contribution in [2.45, 2.75) is 76.2 Å². The van der Waals surface area contributed by atoms with Gasteiger partial charge in [-0.3, -0.25) is 19.4 Å². The summed E-state index contributed by atoms with van der Waals surface area (Å²) in [6, 6.07) is 12.6. The van der Waals surface area contributed by atoms with Crippen molar-refractivity contribution >= 4 is 46.2 Å². The Kier molecular flexibility index (Phi) is 10.1. The van der Waals surface area contributed by atoms with Crippen molar-refractivity contribution in [1.82, 2.24) is 19.8 Å². The Bertz CT molecular complexity index is 1720. The first kappa shape index (κ1) is 34.5. The van der Waals surface area contributed by atoms with Crippen molar-refractivity contribution < 1.29 is 18.8 Å². The summed E-state index contributed by atoms with van der Waals surface area (Å²) in [5.41, 5.74) is 2.57. The molecule has 4 heterocycles. The van der Waals surface area contributed by atoms with Gasteiger partial charge in [0.25, 0.3) is 0 Å². The van der Waals surface area contributed by atoms with Crippen molar-refractivity contribution in [3.05, 3.63) is 71.8 Å². The monoisotopic (exact) mass is 704 g/mol. The van der Waals surface area contributed by atoms with Crippen LogP contribution < -0.4 is 25.3 Å². The molecular formula is C37H46ClFN8O3. The van der Waals surface area contributed by atoms with E-state index in [9.17, 15) is 9.18 Å². The normalized spacial score (nSPS) is 23.6. The zero-order valence-electron chi connectivity index (χ0n) is 28.9. The number of carbonyl (C=O) groups is 1. The molecule has 4 aliphatic rings. The van der Waals surface area contributed by atoms with E-state index in [-0.39, 0.29) is 10.9 Å². The molecule has 50 heavy (non-hydrogen) atoms. The van der Waals surface area contributed by atoms with Gasteiger partial charge < -0.3 is 20.3 Å². The fourth-order valence-corrected chi connectivity index (χ4v) is 8.03. The zero-order chi connectivity index (χ0) is 34.9. The maximum atomic E-state index is 15.0. The van der Waals surface area contributed by atoms with Gasteiger partial charge in [-0.1, -0.05) is 30.3 Å². The predicted octanol–water partition coefficient (Wildman–Crippen LogP) is 6.55. The quantitative estimate of drug-likeness (QED) is 0.226. The summed E-state index contributed by atoms with van der Waals surface area (Å²) < 4.78 is 20.8. The molecule has 11 nitrogen and oxygen atoms in total. The topological polar surface area (TPSA) is 98.3 Å². The molecule has 3 aromatic rings. The van der Waals surface area contributed by atoms with Gasteiger partial charge in [-0.25, -0.2) is 19.4 Å². The van der Waals surface area contributed by atoms with Crippen LogP contribution in [0, 0.1) is 5.82 Å². The molecule has 2 aromatic carbocycles. The van der Waals surface area contributed by atoms with Crippen LogP contribution in [-0.2, 0) is 9.63 Å². The van der Waals surface area contributed by atoms with Crippen LogP contribution in [0.3, 0.4) is 0 Å². The molecule has 1 amide bonds. The van der Waals surface area contributed by atoms with Crippen molar-refractivity contribution in [1.29, 1.82) is 0 Å². The van der Waals surface area contributed by atoms with E-state index in [1.165, 1.54) is 31.3 Å². The Morgan fingerprint density at radius 1 is 1.02 bits per heavy atom. The molecule has 1 aliphatic carbocycles. The standard InChI is InChI=1S/C37H46ClFN8O3/c1-5-36(48)43-29-17-30(42-34-19-35(41-22-40-34)47-31(13-16-50-47)27-7-6-8-28(38)37(27)39)33(49-4)18-32(29)44-14-11-26(12-15-44)46-21-23(2)45(20-24(46)3)25-9-10-25/h5-8,17-19,22-26,31H,1,9-16,20-21H2,2-4H3,(H,43,48)(H,40,41,42)/t23-,24-,31?/m1/s1. The molecule has 7 rings (SSSR count). The summed E-state index contributed by atoms with van der Waals surface area (Å²) in [5.74, 6) is 0.743. The number of rotatable bonds is 10. The van der Waals surface area contributed by atoms with E-state index in [0.717, 1.165) is 50.7 Å². The van der Waals surface area contributed by atoms with E-state index in [1.807, 2.05) is 12.1 Å².